The molecule has 3 rings (SSSR count). The molecule has 0 saturated carbocycles. The van der Waals surface area contributed by atoms with Gasteiger partial charge in [0.05, 0.1) is 7.11 Å². The molecule has 0 aromatic heterocycles. The molecule has 2 aromatic rings. The molecule has 0 saturated heterocycles. The average molecular weight is 272 g/mol. The van der Waals surface area contributed by atoms with Crippen molar-refractivity contribution < 1.29 is 18.3 Å². The molecule has 0 unspecified atom stereocenters. The number of Topliss-reactive ketones (excluding diaryl/α,β-unsaturated/α-hetero) is 1. The lowest BCUT2D eigenvalue weighted by molar-refractivity contribution is 0.105. The Morgan fingerprint density at radius 2 is 1.70 bits per heavy atom. The Morgan fingerprint density at radius 1 is 1.00 bits per heavy atom. The molecule has 0 aliphatic heterocycles. The second kappa shape index (κ2) is 4.56. The summed E-state index contributed by atoms with van der Waals surface area (Å²) in [4.78, 5) is 12.3. The van der Waals surface area contributed by atoms with Gasteiger partial charge in [0.15, 0.2) is 5.78 Å². The summed E-state index contributed by atoms with van der Waals surface area (Å²) in [5.41, 5.74) is 1.72. The van der Waals surface area contributed by atoms with Gasteiger partial charge in [-0.05, 0) is 47.5 Å². The fourth-order valence-electron chi connectivity index (χ4n) is 2.28. The van der Waals surface area contributed by atoms with E-state index in [1.165, 1.54) is 7.11 Å². The number of methoxy groups -OCH3 is 1. The summed E-state index contributed by atoms with van der Waals surface area (Å²) in [6.07, 6.45) is 1.62. The highest BCUT2D eigenvalue weighted by Crippen LogP contribution is 2.34. The Bertz CT molecular complexity index is 728. The smallest absolute Gasteiger partial charge is 0.194 e. The first-order valence-corrected chi connectivity index (χ1v) is 5.99. The number of fused-ring (bicyclic) bond motifs is 1. The number of ether oxygens (including phenoxy) is 1. The maximum absolute atomic E-state index is 13.3. The number of carbonyl (C=O) groups is 1. The second-order valence-electron chi connectivity index (χ2n) is 4.50. The van der Waals surface area contributed by atoms with Gasteiger partial charge in [0.25, 0.3) is 0 Å². The van der Waals surface area contributed by atoms with Crippen molar-refractivity contribution in [3.8, 4) is 5.75 Å². The van der Waals surface area contributed by atoms with Crippen molar-refractivity contribution in [2.24, 2.45) is 0 Å². The van der Waals surface area contributed by atoms with E-state index in [0.717, 1.165) is 18.2 Å². The topological polar surface area (TPSA) is 26.3 Å². The van der Waals surface area contributed by atoms with Gasteiger partial charge in [0.1, 0.15) is 17.4 Å². The first kappa shape index (κ1) is 12.5. The van der Waals surface area contributed by atoms with Crippen molar-refractivity contribution in [3.05, 3.63) is 64.7 Å². The van der Waals surface area contributed by atoms with Crippen LogP contribution in [0.4, 0.5) is 8.78 Å². The van der Waals surface area contributed by atoms with Crippen LogP contribution in [-0.4, -0.2) is 12.9 Å². The summed E-state index contributed by atoms with van der Waals surface area (Å²) in [6, 6.07) is 8.12. The van der Waals surface area contributed by atoms with Crippen molar-refractivity contribution in [2.75, 3.05) is 7.11 Å². The number of hydrogen-bond acceptors (Lipinski definition) is 2. The number of allylic oxidation sites excluding steroid dienone is 1. The van der Waals surface area contributed by atoms with Gasteiger partial charge in [0, 0.05) is 17.2 Å². The fraction of sp³-hybridized carbons (Fsp3) is 0.0625. The molecular formula is C16H10F2O2. The van der Waals surface area contributed by atoms with Crippen LogP contribution in [0.25, 0.3) is 11.6 Å². The number of carbonyl (C=O) groups excluding carboxylic acids is 1. The third kappa shape index (κ3) is 1.99. The molecule has 20 heavy (non-hydrogen) atoms. The monoisotopic (exact) mass is 272 g/mol. The van der Waals surface area contributed by atoms with Crippen LogP contribution in [0.1, 0.15) is 21.5 Å². The number of ketones is 1. The molecular weight excluding hydrogens is 262 g/mol. The average Bonchev–Trinajstić information content (AvgIpc) is 2.74. The summed E-state index contributed by atoms with van der Waals surface area (Å²) in [6.45, 7) is 0. The molecule has 0 N–H and O–H groups in total. The lowest BCUT2D eigenvalue weighted by Crippen LogP contribution is -1.99. The van der Waals surface area contributed by atoms with Crippen molar-refractivity contribution >= 4 is 17.4 Å². The minimum atomic E-state index is -0.706. The van der Waals surface area contributed by atoms with Gasteiger partial charge in [-0.1, -0.05) is 0 Å². The van der Waals surface area contributed by atoms with Crippen LogP contribution >= 0.6 is 0 Å². The highest BCUT2D eigenvalue weighted by atomic mass is 19.1. The van der Waals surface area contributed by atoms with E-state index in [1.807, 2.05) is 0 Å². The summed E-state index contributed by atoms with van der Waals surface area (Å²) >= 11 is 0. The van der Waals surface area contributed by atoms with E-state index >= 15 is 0 Å². The number of rotatable bonds is 2. The molecule has 0 atom stereocenters. The third-order valence-corrected chi connectivity index (χ3v) is 3.22. The van der Waals surface area contributed by atoms with Crippen molar-refractivity contribution in [1.82, 2.24) is 0 Å². The van der Waals surface area contributed by atoms with Crippen LogP contribution in [0.3, 0.4) is 0 Å². The first-order valence-electron chi connectivity index (χ1n) is 5.99. The van der Waals surface area contributed by atoms with Crippen molar-refractivity contribution in [2.45, 2.75) is 0 Å². The zero-order valence-corrected chi connectivity index (χ0v) is 10.6. The summed E-state index contributed by atoms with van der Waals surface area (Å²) in [7, 11) is 1.53. The minimum Gasteiger partial charge on any atom is -0.497 e. The predicted molar refractivity (Wildman–Crippen MR) is 71.6 cm³/mol. The summed E-state index contributed by atoms with van der Waals surface area (Å²) in [5, 5.41) is 0. The normalized spacial score (nSPS) is 13.2. The lowest BCUT2D eigenvalue weighted by atomic mass is 10.0. The molecule has 2 nitrogen and oxygen atoms in total. The van der Waals surface area contributed by atoms with Gasteiger partial charge >= 0.3 is 0 Å². The largest absolute Gasteiger partial charge is 0.497 e. The highest BCUT2D eigenvalue weighted by molar-refractivity contribution is 6.37. The number of halogens is 2. The fourth-order valence-corrected chi connectivity index (χ4v) is 2.28. The van der Waals surface area contributed by atoms with E-state index in [1.54, 1.807) is 24.3 Å². The third-order valence-electron chi connectivity index (χ3n) is 3.22. The summed E-state index contributed by atoms with van der Waals surface area (Å²) in [5.74, 6) is -1.03. The maximum atomic E-state index is 13.3. The van der Waals surface area contributed by atoms with Gasteiger partial charge in [-0.25, -0.2) is 8.78 Å². The zero-order valence-electron chi connectivity index (χ0n) is 10.6. The predicted octanol–water partition coefficient (Wildman–Crippen LogP) is 3.71. The molecule has 0 fully saturated rings. The molecule has 2 aromatic carbocycles. The molecule has 0 spiro atoms. The van der Waals surface area contributed by atoms with Gasteiger partial charge in [-0.15, -0.1) is 0 Å². The minimum absolute atomic E-state index is 0.239. The lowest BCUT2D eigenvalue weighted by Gasteiger charge is -2.03. The highest BCUT2D eigenvalue weighted by Gasteiger charge is 2.24. The molecule has 0 heterocycles. The Kier molecular flexibility index (Phi) is 2.86. The Labute approximate surface area is 114 Å². The van der Waals surface area contributed by atoms with E-state index in [0.29, 0.717) is 16.9 Å². The molecule has 100 valence electrons. The molecule has 0 bridgehead atoms. The van der Waals surface area contributed by atoms with Crippen LogP contribution in [0, 0.1) is 11.6 Å². The van der Waals surface area contributed by atoms with Crippen LogP contribution in [0.5, 0.6) is 5.75 Å². The molecule has 0 amide bonds. The maximum Gasteiger partial charge on any atom is 0.194 e. The summed E-state index contributed by atoms with van der Waals surface area (Å²) < 4.78 is 31.6. The zero-order chi connectivity index (χ0) is 14.3. The van der Waals surface area contributed by atoms with Crippen LogP contribution in [-0.2, 0) is 0 Å². The number of hydrogen-bond donors (Lipinski definition) is 0. The molecule has 1 aliphatic rings. The van der Waals surface area contributed by atoms with Crippen molar-refractivity contribution in [1.29, 1.82) is 0 Å². The number of benzene rings is 2. The van der Waals surface area contributed by atoms with E-state index < -0.39 is 11.6 Å². The van der Waals surface area contributed by atoms with Gasteiger partial charge < -0.3 is 4.74 Å². The van der Waals surface area contributed by atoms with Crippen LogP contribution < -0.4 is 4.74 Å². The van der Waals surface area contributed by atoms with Crippen LogP contribution in [0.15, 0.2) is 36.4 Å². The SMILES string of the molecule is COc1ccc2c(c1)C=C(c1cc(F)cc(F)c1)C2=O. The second-order valence-corrected chi connectivity index (χ2v) is 4.50. The van der Waals surface area contributed by atoms with Crippen molar-refractivity contribution in [3.63, 3.8) is 0 Å². The van der Waals surface area contributed by atoms with Gasteiger partial charge in [-0.3, -0.25) is 4.79 Å². The quantitative estimate of drug-likeness (QED) is 0.833. The van der Waals surface area contributed by atoms with Crippen LogP contribution in [0.2, 0.25) is 0 Å². The van der Waals surface area contributed by atoms with E-state index in [-0.39, 0.29) is 16.9 Å². The Balaban J connectivity index is 2.10. The van der Waals surface area contributed by atoms with Gasteiger partial charge in [-0.2, -0.15) is 0 Å². The van der Waals surface area contributed by atoms with E-state index in [4.69, 9.17) is 4.74 Å². The first-order chi connectivity index (χ1) is 9.58. The van der Waals surface area contributed by atoms with Gasteiger partial charge in [0.2, 0.25) is 0 Å². The molecule has 4 heteroatoms. The molecule has 0 radical (unpaired) electrons. The van der Waals surface area contributed by atoms with E-state index in [9.17, 15) is 13.6 Å². The van der Waals surface area contributed by atoms with E-state index in [2.05, 4.69) is 0 Å². The molecule has 1 aliphatic carbocycles. The standard InChI is InChI=1S/C16H10F2O2/c1-20-13-2-3-14-10(6-13)7-15(16(14)19)9-4-11(17)8-12(18)5-9/h2-8H,1H3. The Hall–Kier alpha value is -2.49. The Morgan fingerprint density at radius 3 is 2.35 bits per heavy atom.